The summed E-state index contributed by atoms with van der Waals surface area (Å²) in [5.41, 5.74) is 0.643. The Balaban J connectivity index is 2.29. The zero-order chi connectivity index (χ0) is 15.6. The van der Waals surface area contributed by atoms with Crippen molar-refractivity contribution in [2.24, 2.45) is 0 Å². The van der Waals surface area contributed by atoms with E-state index in [4.69, 9.17) is 0 Å². The van der Waals surface area contributed by atoms with Gasteiger partial charge in [0.15, 0.2) is 0 Å². The van der Waals surface area contributed by atoms with E-state index in [1.165, 1.54) is 5.56 Å². The molecule has 0 bridgehead atoms. The molecule has 1 aromatic rings. The number of hydrogen-bond donors (Lipinski definition) is 1. The highest BCUT2D eigenvalue weighted by Crippen LogP contribution is 2.28. The zero-order valence-corrected chi connectivity index (χ0v) is 13.7. The van der Waals surface area contributed by atoms with E-state index in [-0.39, 0.29) is 11.9 Å². The Morgan fingerprint density at radius 2 is 2.14 bits per heavy atom. The summed E-state index contributed by atoms with van der Waals surface area (Å²) < 4.78 is 0. The Hall–Kier alpha value is -1.62. The number of carbonyl (C=O) groups excluding carboxylic acids is 1. The van der Waals surface area contributed by atoms with Crippen LogP contribution in [0, 0.1) is 0 Å². The molecule has 2 rings (SSSR count). The molecule has 1 amide bonds. The molecule has 116 valence electrons. The molecule has 0 saturated carbocycles. The summed E-state index contributed by atoms with van der Waals surface area (Å²) in [7, 11) is 1.86. The van der Waals surface area contributed by atoms with Crippen molar-refractivity contribution in [2.45, 2.75) is 39.3 Å². The highest BCUT2D eigenvalue weighted by Gasteiger charge is 2.41. The first-order valence-corrected chi connectivity index (χ1v) is 7.60. The molecular formula is C16H26N4O. The number of carbonyl (C=O) groups is 1. The fourth-order valence-corrected chi connectivity index (χ4v) is 2.89. The summed E-state index contributed by atoms with van der Waals surface area (Å²) in [5, 5.41) is 3.41. The van der Waals surface area contributed by atoms with Crippen molar-refractivity contribution in [1.29, 1.82) is 0 Å². The van der Waals surface area contributed by atoms with E-state index >= 15 is 0 Å². The predicted octanol–water partition coefficient (Wildman–Crippen LogP) is 1.81. The van der Waals surface area contributed by atoms with Crippen molar-refractivity contribution >= 4 is 11.7 Å². The number of hydrogen-bond acceptors (Lipinski definition) is 4. The van der Waals surface area contributed by atoms with Crippen LogP contribution < -0.4 is 10.2 Å². The largest absolute Gasteiger partial charge is 0.342 e. The third-order valence-corrected chi connectivity index (χ3v) is 4.26. The van der Waals surface area contributed by atoms with Gasteiger partial charge < -0.3 is 15.1 Å². The van der Waals surface area contributed by atoms with E-state index in [2.05, 4.69) is 35.1 Å². The molecule has 5 nitrogen and oxygen atoms in total. The third kappa shape index (κ3) is 3.02. The van der Waals surface area contributed by atoms with Gasteiger partial charge in [0.1, 0.15) is 11.4 Å². The topological polar surface area (TPSA) is 48.5 Å². The Morgan fingerprint density at radius 1 is 1.43 bits per heavy atom. The van der Waals surface area contributed by atoms with Crippen LogP contribution in [0.25, 0.3) is 0 Å². The van der Waals surface area contributed by atoms with E-state index in [0.29, 0.717) is 0 Å². The van der Waals surface area contributed by atoms with E-state index in [1.54, 1.807) is 4.90 Å². The molecule has 1 unspecified atom stereocenters. The first kappa shape index (κ1) is 15.8. The van der Waals surface area contributed by atoms with Crippen molar-refractivity contribution in [2.75, 3.05) is 31.6 Å². The molecule has 0 aromatic carbocycles. The van der Waals surface area contributed by atoms with Gasteiger partial charge in [-0.3, -0.25) is 4.79 Å². The summed E-state index contributed by atoms with van der Waals surface area (Å²) in [6.07, 6.45) is 1.83. The zero-order valence-electron chi connectivity index (χ0n) is 13.7. The van der Waals surface area contributed by atoms with Gasteiger partial charge in [0.2, 0.25) is 5.91 Å². The SMILES string of the molecule is CCNC(C)c1ccnc(N2CCN(C)C(=O)C2(C)C)c1. The fraction of sp³-hybridized carbons (Fsp3) is 0.625. The molecule has 1 atom stereocenters. The maximum atomic E-state index is 12.4. The summed E-state index contributed by atoms with van der Waals surface area (Å²) in [6, 6.07) is 4.40. The van der Waals surface area contributed by atoms with Crippen LogP contribution >= 0.6 is 0 Å². The lowest BCUT2D eigenvalue weighted by Crippen LogP contribution is -2.62. The minimum atomic E-state index is -0.556. The quantitative estimate of drug-likeness (QED) is 0.919. The van der Waals surface area contributed by atoms with Crippen LogP contribution in [0.4, 0.5) is 5.82 Å². The molecule has 1 aliphatic heterocycles. The number of nitrogens with zero attached hydrogens (tertiary/aromatic N) is 3. The van der Waals surface area contributed by atoms with Crippen LogP contribution in [-0.4, -0.2) is 48.0 Å². The number of likely N-dealkylation sites (N-methyl/N-ethyl adjacent to an activating group) is 1. The van der Waals surface area contributed by atoms with Gasteiger partial charge in [0, 0.05) is 32.4 Å². The number of pyridine rings is 1. The second-order valence-electron chi connectivity index (χ2n) is 6.16. The Kier molecular flexibility index (Phi) is 4.52. The monoisotopic (exact) mass is 290 g/mol. The van der Waals surface area contributed by atoms with Gasteiger partial charge in [-0.05, 0) is 45.0 Å². The molecule has 1 aromatic heterocycles. The molecule has 1 N–H and O–H groups in total. The van der Waals surface area contributed by atoms with Crippen LogP contribution in [0.1, 0.15) is 39.3 Å². The number of anilines is 1. The second kappa shape index (κ2) is 6.02. The highest BCUT2D eigenvalue weighted by molar-refractivity contribution is 5.90. The van der Waals surface area contributed by atoms with Crippen LogP contribution in [0.3, 0.4) is 0 Å². The molecule has 1 fully saturated rings. The minimum absolute atomic E-state index is 0.140. The molecule has 0 aliphatic carbocycles. The molecule has 0 radical (unpaired) electrons. The summed E-state index contributed by atoms with van der Waals surface area (Å²) in [5.74, 6) is 1.02. The second-order valence-corrected chi connectivity index (χ2v) is 6.16. The average molecular weight is 290 g/mol. The van der Waals surface area contributed by atoms with Gasteiger partial charge in [-0.1, -0.05) is 6.92 Å². The highest BCUT2D eigenvalue weighted by atomic mass is 16.2. The lowest BCUT2D eigenvalue weighted by Gasteiger charge is -2.45. The smallest absolute Gasteiger partial charge is 0.247 e. The maximum Gasteiger partial charge on any atom is 0.247 e. The number of aromatic nitrogens is 1. The van der Waals surface area contributed by atoms with Crippen LogP contribution in [-0.2, 0) is 4.79 Å². The Morgan fingerprint density at radius 3 is 2.81 bits per heavy atom. The van der Waals surface area contributed by atoms with E-state index in [1.807, 2.05) is 33.2 Å². The van der Waals surface area contributed by atoms with Crippen molar-refractivity contribution in [3.63, 3.8) is 0 Å². The maximum absolute atomic E-state index is 12.4. The number of rotatable bonds is 4. The lowest BCUT2D eigenvalue weighted by atomic mass is 9.97. The van der Waals surface area contributed by atoms with Gasteiger partial charge in [0.05, 0.1) is 0 Å². The van der Waals surface area contributed by atoms with Crippen LogP contribution in [0.5, 0.6) is 0 Å². The summed E-state index contributed by atoms with van der Waals surface area (Å²) >= 11 is 0. The molecule has 21 heavy (non-hydrogen) atoms. The molecule has 5 heteroatoms. The third-order valence-electron chi connectivity index (χ3n) is 4.26. The van der Waals surface area contributed by atoms with Crippen molar-refractivity contribution < 1.29 is 4.79 Å². The Labute approximate surface area is 127 Å². The summed E-state index contributed by atoms with van der Waals surface area (Å²) in [4.78, 5) is 20.8. The van der Waals surface area contributed by atoms with Crippen LogP contribution in [0.15, 0.2) is 18.3 Å². The lowest BCUT2D eigenvalue weighted by molar-refractivity contribution is -0.136. The molecular weight excluding hydrogens is 264 g/mol. The normalized spacial score (nSPS) is 19.8. The van der Waals surface area contributed by atoms with Gasteiger partial charge in [-0.25, -0.2) is 4.98 Å². The summed E-state index contributed by atoms with van der Waals surface area (Å²) in [6.45, 7) is 10.6. The standard InChI is InChI=1S/C16H26N4O/c1-6-17-12(2)13-7-8-18-14(11-13)20-10-9-19(5)15(21)16(20,3)4/h7-8,11-12,17H,6,9-10H2,1-5H3. The first-order valence-electron chi connectivity index (χ1n) is 7.60. The van der Waals surface area contributed by atoms with Crippen molar-refractivity contribution in [3.05, 3.63) is 23.9 Å². The molecule has 1 saturated heterocycles. The molecule has 1 aliphatic rings. The van der Waals surface area contributed by atoms with Gasteiger partial charge in [-0.15, -0.1) is 0 Å². The molecule has 0 spiro atoms. The first-order chi connectivity index (χ1) is 9.87. The van der Waals surface area contributed by atoms with E-state index in [9.17, 15) is 4.79 Å². The Bertz CT molecular complexity index is 515. The average Bonchev–Trinajstić information content (AvgIpc) is 2.45. The van der Waals surface area contributed by atoms with Gasteiger partial charge in [-0.2, -0.15) is 0 Å². The van der Waals surface area contributed by atoms with Gasteiger partial charge >= 0.3 is 0 Å². The number of piperazine rings is 1. The number of amides is 1. The van der Waals surface area contributed by atoms with Crippen LogP contribution in [0.2, 0.25) is 0 Å². The van der Waals surface area contributed by atoms with Crippen molar-refractivity contribution in [3.8, 4) is 0 Å². The predicted molar refractivity (Wildman–Crippen MR) is 85.4 cm³/mol. The molecule has 2 heterocycles. The van der Waals surface area contributed by atoms with Gasteiger partial charge in [0.25, 0.3) is 0 Å². The minimum Gasteiger partial charge on any atom is -0.342 e. The van der Waals surface area contributed by atoms with E-state index in [0.717, 1.165) is 25.5 Å². The fourth-order valence-electron chi connectivity index (χ4n) is 2.89. The van der Waals surface area contributed by atoms with E-state index < -0.39 is 5.54 Å². The van der Waals surface area contributed by atoms with Crippen molar-refractivity contribution in [1.82, 2.24) is 15.2 Å². The number of nitrogens with one attached hydrogen (secondary N) is 1.